The number of rotatable bonds is 6. The largest absolute Gasteiger partial charge is 0.358 e. The first-order chi connectivity index (χ1) is 8.51. The number of hydrogen-bond donors (Lipinski definition) is 1. The summed E-state index contributed by atoms with van der Waals surface area (Å²) in [7, 11) is 1.50. The van der Waals surface area contributed by atoms with E-state index in [0.29, 0.717) is 12.3 Å². The van der Waals surface area contributed by atoms with E-state index in [9.17, 15) is 14.9 Å². The molecule has 0 saturated heterocycles. The topological polar surface area (TPSA) is 77.2 Å². The number of amides is 1. The van der Waals surface area contributed by atoms with E-state index in [1.54, 1.807) is 0 Å². The van der Waals surface area contributed by atoms with E-state index in [0.717, 1.165) is 6.42 Å². The Bertz CT molecular complexity index is 445. The van der Waals surface area contributed by atoms with Crippen molar-refractivity contribution in [1.29, 1.82) is 0 Å². The average Bonchev–Trinajstić information content (AvgIpc) is 2.70. The van der Waals surface area contributed by atoms with Crippen LogP contribution in [-0.2, 0) is 7.05 Å². The highest BCUT2D eigenvalue weighted by molar-refractivity contribution is 6.17. The number of halogens is 1. The van der Waals surface area contributed by atoms with Crippen LogP contribution < -0.4 is 5.32 Å². The van der Waals surface area contributed by atoms with Crippen LogP contribution in [0.2, 0.25) is 0 Å². The van der Waals surface area contributed by atoms with Gasteiger partial charge < -0.3 is 15.4 Å². The molecule has 0 saturated carbocycles. The molecule has 0 aliphatic carbocycles. The van der Waals surface area contributed by atoms with E-state index in [2.05, 4.69) is 5.32 Å². The molecular weight excluding hydrogens is 258 g/mol. The number of carbonyl (C=O) groups excluding carboxylic acids is 1. The van der Waals surface area contributed by atoms with Gasteiger partial charge in [-0.05, 0) is 23.8 Å². The Balaban J connectivity index is 2.81. The van der Waals surface area contributed by atoms with Crippen molar-refractivity contribution in [3.05, 3.63) is 27.9 Å². The number of alkyl halides is 1. The molecule has 1 N–H and O–H groups in total. The highest BCUT2D eigenvalue weighted by Crippen LogP contribution is 2.15. The summed E-state index contributed by atoms with van der Waals surface area (Å²) >= 11 is 5.64. The van der Waals surface area contributed by atoms with Crippen molar-refractivity contribution in [3.63, 3.8) is 0 Å². The van der Waals surface area contributed by atoms with Gasteiger partial charge in [-0.25, -0.2) is 4.57 Å². The fourth-order valence-corrected chi connectivity index (χ4v) is 1.94. The third kappa shape index (κ3) is 3.22. The van der Waals surface area contributed by atoms with Gasteiger partial charge in [0.15, 0.2) is 5.69 Å². The van der Waals surface area contributed by atoms with Crippen LogP contribution in [0.4, 0.5) is 5.82 Å². The van der Waals surface area contributed by atoms with Crippen molar-refractivity contribution < 1.29 is 9.72 Å². The molecule has 1 amide bonds. The Morgan fingerprint density at radius 3 is 2.72 bits per heavy atom. The summed E-state index contributed by atoms with van der Waals surface area (Å²) in [6.45, 7) is 1.95. The average molecular weight is 274 g/mol. The van der Waals surface area contributed by atoms with Crippen molar-refractivity contribution in [2.24, 2.45) is 7.05 Å². The van der Waals surface area contributed by atoms with Crippen LogP contribution in [-0.4, -0.2) is 27.3 Å². The number of hydrogen-bond acceptors (Lipinski definition) is 3. The lowest BCUT2D eigenvalue weighted by Crippen LogP contribution is -2.35. The minimum Gasteiger partial charge on any atom is -0.358 e. The third-order valence-corrected chi connectivity index (χ3v) is 3.02. The molecule has 1 rings (SSSR count). The smallest absolute Gasteiger partial charge is 0.323 e. The zero-order chi connectivity index (χ0) is 13.7. The maximum absolute atomic E-state index is 11.9. The van der Waals surface area contributed by atoms with Crippen LogP contribution in [0, 0.1) is 10.1 Å². The van der Waals surface area contributed by atoms with E-state index in [-0.39, 0.29) is 23.5 Å². The number of nitrogens with zero attached hydrogens (tertiary/aromatic N) is 2. The first-order valence-corrected chi connectivity index (χ1v) is 6.21. The van der Waals surface area contributed by atoms with Gasteiger partial charge in [0.05, 0.1) is 7.05 Å². The van der Waals surface area contributed by atoms with E-state index >= 15 is 0 Å². The second-order valence-corrected chi connectivity index (χ2v) is 4.33. The van der Waals surface area contributed by atoms with Gasteiger partial charge in [0.2, 0.25) is 0 Å². The Hall–Kier alpha value is -1.56. The number of nitrogens with one attached hydrogen (secondary N) is 1. The Kier molecular flexibility index (Phi) is 5.15. The summed E-state index contributed by atoms with van der Waals surface area (Å²) in [4.78, 5) is 22.1. The van der Waals surface area contributed by atoms with Crippen molar-refractivity contribution >= 4 is 23.3 Å². The molecule has 0 fully saturated rings. The first-order valence-electron chi connectivity index (χ1n) is 5.68. The normalized spacial score (nSPS) is 12.2. The molecule has 0 aliphatic heterocycles. The third-order valence-electron chi connectivity index (χ3n) is 2.80. The summed E-state index contributed by atoms with van der Waals surface area (Å²) < 4.78 is 1.27. The highest BCUT2D eigenvalue weighted by atomic mass is 35.5. The zero-order valence-corrected chi connectivity index (χ0v) is 11.1. The second kappa shape index (κ2) is 6.39. The molecule has 0 radical (unpaired) electrons. The molecule has 0 spiro atoms. The maximum Gasteiger partial charge on any atom is 0.323 e. The SMILES string of the molecule is CCC(CCCl)NC(=O)c1ccc([N+](=O)[O-])n1C. The fourth-order valence-electron chi connectivity index (χ4n) is 1.68. The molecule has 0 bridgehead atoms. The lowest BCUT2D eigenvalue weighted by Gasteiger charge is -2.14. The zero-order valence-electron chi connectivity index (χ0n) is 10.4. The maximum atomic E-state index is 11.9. The van der Waals surface area contributed by atoms with Gasteiger partial charge in [-0.15, -0.1) is 11.6 Å². The number of nitro groups is 1. The van der Waals surface area contributed by atoms with Crippen LogP contribution in [0.15, 0.2) is 12.1 Å². The van der Waals surface area contributed by atoms with E-state index in [4.69, 9.17) is 11.6 Å². The minimum absolute atomic E-state index is 0.0102. The van der Waals surface area contributed by atoms with Gasteiger partial charge in [0.1, 0.15) is 0 Å². The van der Waals surface area contributed by atoms with Crippen molar-refractivity contribution in [3.8, 4) is 0 Å². The molecular formula is C11H16ClN3O3. The summed E-state index contributed by atoms with van der Waals surface area (Å²) in [5.74, 6) is 0.0413. The molecule has 6 nitrogen and oxygen atoms in total. The quantitative estimate of drug-likeness (QED) is 0.490. The monoisotopic (exact) mass is 273 g/mol. The fraction of sp³-hybridized carbons (Fsp3) is 0.545. The van der Waals surface area contributed by atoms with E-state index in [1.165, 1.54) is 23.7 Å². The van der Waals surface area contributed by atoms with Crippen molar-refractivity contribution in [2.75, 3.05) is 5.88 Å². The molecule has 7 heteroatoms. The molecule has 1 aromatic rings. The summed E-state index contributed by atoms with van der Waals surface area (Å²) in [5.41, 5.74) is 0.273. The first kappa shape index (κ1) is 14.5. The predicted molar refractivity (Wildman–Crippen MR) is 68.9 cm³/mol. The number of aromatic nitrogens is 1. The summed E-state index contributed by atoms with van der Waals surface area (Å²) in [6, 6.07) is 2.75. The Morgan fingerprint density at radius 1 is 1.61 bits per heavy atom. The van der Waals surface area contributed by atoms with Gasteiger partial charge in [-0.2, -0.15) is 0 Å². The standard InChI is InChI=1S/C11H16ClN3O3/c1-3-8(6-7-12)13-11(16)9-4-5-10(14(9)2)15(17)18/h4-5,8H,3,6-7H2,1-2H3,(H,13,16). The van der Waals surface area contributed by atoms with Crippen LogP contribution in [0.3, 0.4) is 0 Å². The van der Waals surface area contributed by atoms with Gasteiger partial charge in [0.25, 0.3) is 5.91 Å². The molecule has 0 aromatic carbocycles. The van der Waals surface area contributed by atoms with Gasteiger partial charge in [0, 0.05) is 18.0 Å². The molecule has 1 unspecified atom stereocenters. The molecule has 1 heterocycles. The molecule has 100 valence electrons. The van der Waals surface area contributed by atoms with Crippen LogP contribution >= 0.6 is 11.6 Å². The number of carbonyl (C=O) groups is 1. The van der Waals surface area contributed by atoms with Gasteiger partial charge >= 0.3 is 5.82 Å². The Morgan fingerprint density at radius 2 is 2.28 bits per heavy atom. The second-order valence-electron chi connectivity index (χ2n) is 3.95. The Labute approximate surface area is 110 Å². The van der Waals surface area contributed by atoms with Crippen LogP contribution in [0.1, 0.15) is 30.3 Å². The van der Waals surface area contributed by atoms with Crippen molar-refractivity contribution in [1.82, 2.24) is 9.88 Å². The van der Waals surface area contributed by atoms with E-state index in [1.807, 2.05) is 6.92 Å². The lowest BCUT2D eigenvalue weighted by atomic mass is 10.1. The summed E-state index contributed by atoms with van der Waals surface area (Å²) in [6.07, 6.45) is 1.45. The summed E-state index contributed by atoms with van der Waals surface area (Å²) in [5, 5.41) is 13.5. The highest BCUT2D eigenvalue weighted by Gasteiger charge is 2.21. The molecule has 18 heavy (non-hydrogen) atoms. The lowest BCUT2D eigenvalue weighted by molar-refractivity contribution is -0.391. The van der Waals surface area contributed by atoms with Gasteiger partial charge in [-0.1, -0.05) is 6.92 Å². The molecule has 1 aromatic heterocycles. The minimum atomic E-state index is -0.521. The predicted octanol–water partition coefficient (Wildman–Crippen LogP) is 2.07. The van der Waals surface area contributed by atoms with Crippen molar-refractivity contribution in [2.45, 2.75) is 25.8 Å². The van der Waals surface area contributed by atoms with Crippen LogP contribution in [0.25, 0.3) is 0 Å². The van der Waals surface area contributed by atoms with Gasteiger partial charge in [-0.3, -0.25) is 4.79 Å². The van der Waals surface area contributed by atoms with E-state index < -0.39 is 4.92 Å². The molecule has 0 aliphatic rings. The van der Waals surface area contributed by atoms with Crippen LogP contribution in [0.5, 0.6) is 0 Å². The molecule has 1 atom stereocenters.